The molecule has 0 radical (unpaired) electrons. The molecule has 1 heterocycles. The summed E-state index contributed by atoms with van der Waals surface area (Å²) >= 11 is 0. The first-order chi connectivity index (χ1) is 7.22. The molecule has 82 valence electrons. The van der Waals surface area contributed by atoms with Crippen LogP contribution in [0.1, 0.15) is 13.3 Å². The highest BCUT2D eigenvalue weighted by Gasteiger charge is 2.01. The number of carbonyl (C=O) groups excluding carboxylic acids is 1. The van der Waals surface area contributed by atoms with E-state index in [4.69, 9.17) is 5.73 Å². The Balaban J connectivity index is 2.33. The van der Waals surface area contributed by atoms with Gasteiger partial charge in [0, 0.05) is 12.7 Å². The van der Waals surface area contributed by atoms with Crippen molar-refractivity contribution in [3.05, 3.63) is 12.3 Å². The molecule has 0 saturated heterocycles. The van der Waals surface area contributed by atoms with Gasteiger partial charge in [0.25, 0.3) is 0 Å². The quantitative estimate of drug-likeness (QED) is 0.634. The van der Waals surface area contributed by atoms with Crippen LogP contribution in [0.5, 0.6) is 0 Å². The monoisotopic (exact) mass is 209 g/mol. The third-order valence-corrected chi connectivity index (χ3v) is 1.66. The van der Waals surface area contributed by atoms with Crippen LogP contribution in [0, 0.1) is 0 Å². The second-order valence-electron chi connectivity index (χ2n) is 3.01. The van der Waals surface area contributed by atoms with Gasteiger partial charge in [-0.25, -0.2) is 4.98 Å². The summed E-state index contributed by atoms with van der Waals surface area (Å²) in [6, 6.07) is 1.59. The Morgan fingerprint density at radius 1 is 1.60 bits per heavy atom. The maximum Gasteiger partial charge on any atom is 0.239 e. The number of nitrogens with two attached hydrogens (primary N) is 1. The SMILES string of the molecule is CCCNC(=O)CNc1nccc(N)n1. The number of nitrogen functional groups attached to an aromatic ring is 1. The van der Waals surface area contributed by atoms with Crippen LogP contribution in [-0.2, 0) is 4.79 Å². The summed E-state index contributed by atoms with van der Waals surface area (Å²) in [6.07, 6.45) is 2.45. The van der Waals surface area contributed by atoms with E-state index in [1.165, 1.54) is 6.20 Å². The summed E-state index contributed by atoms with van der Waals surface area (Å²) in [5.41, 5.74) is 5.45. The molecule has 0 atom stereocenters. The molecule has 0 aromatic carbocycles. The molecule has 4 N–H and O–H groups in total. The van der Waals surface area contributed by atoms with Crippen LogP contribution in [0.2, 0.25) is 0 Å². The van der Waals surface area contributed by atoms with Crippen molar-refractivity contribution < 1.29 is 4.79 Å². The van der Waals surface area contributed by atoms with E-state index < -0.39 is 0 Å². The van der Waals surface area contributed by atoms with Crippen molar-refractivity contribution in [3.63, 3.8) is 0 Å². The zero-order valence-electron chi connectivity index (χ0n) is 8.66. The summed E-state index contributed by atoms with van der Waals surface area (Å²) in [4.78, 5) is 19.0. The van der Waals surface area contributed by atoms with Gasteiger partial charge in [-0.2, -0.15) is 4.98 Å². The maximum absolute atomic E-state index is 11.2. The average Bonchev–Trinajstić information content (AvgIpc) is 2.23. The minimum absolute atomic E-state index is 0.0807. The minimum atomic E-state index is -0.0807. The molecule has 0 aliphatic heterocycles. The number of rotatable bonds is 5. The highest BCUT2D eigenvalue weighted by atomic mass is 16.1. The van der Waals surface area contributed by atoms with Gasteiger partial charge in [0.05, 0.1) is 6.54 Å². The first kappa shape index (κ1) is 11.2. The highest BCUT2D eigenvalue weighted by Crippen LogP contribution is 1.99. The third-order valence-electron chi connectivity index (χ3n) is 1.66. The van der Waals surface area contributed by atoms with Crippen LogP contribution in [0.15, 0.2) is 12.3 Å². The van der Waals surface area contributed by atoms with Crippen LogP contribution in [0.4, 0.5) is 11.8 Å². The topological polar surface area (TPSA) is 92.9 Å². The summed E-state index contributed by atoms with van der Waals surface area (Å²) in [5.74, 6) is 0.658. The van der Waals surface area contributed by atoms with Crippen molar-refractivity contribution >= 4 is 17.7 Å². The predicted molar refractivity (Wildman–Crippen MR) is 58.2 cm³/mol. The molecule has 6 heteroatoms. The first-order valence-corrected chi connectivity index (χ1v) is 4.81. The Morgan fingerprint density at radius 3 is 3.07 bits per heavy atom. The summed E-state index contributed by atoms with van der Waals surface area (Å²) in [7, 11) is 0. The molecule has 0 bridgehead atoms. The number of hydrogen-bond donors (Lipinski definition) is 3. The number of aromatic nitrogens is 2. The van der Waals surface area contributed by atoms with Gasteiger partial charge in [-0.3, -0.25) is 4.79 Å². The number of nitrogens with zero attached hydrogens (tertiary/aromatic N) is 2. The van der Waals surface area contributed by atoms with Crippen LogP contribution in [-0.4, -0.2) is 29.0 Å². The van der Waals surface area contributed by atoms with E-state index in [0.29, 0.717) is 18.3 Å². The summed E-state index contributed by atoms with van der Waals surface area (Å²) < 4.78 is 0. The Labute approximate surface area is 88.3 Å². The summed E-state index contributed by atoms with van der Waals surface area (Å²) in [5, 5.41) is 5.51. The van der Waals surface area contributed by atoms with E-state index in [9.17, 15) is 4.79 Å². The second-order valence-corrected chi connectivity index (χ2v) is 3.01. The van der Waals surface area contributed by atoms with Gasteiger partial charge >= 0.3 is 0 Å². The van der Waals surface area contributed by atoms with Crippen LogP contribution in [0.3, 0.4) is 0 Å². The molecule has 1 rings (SSSR count). The normalized spacial score (nSPS) is 9.67. The lowest BCUT2D eigenvalue weighted by Gasteiger charge is -2.05. The number of hydrogen-bond acceptors (Lipinski definition) is 5. The average molecular weight is 209 g/mol. The van der Waals surface area contributed by atoms with Crippen LogP contribution in [0.25, 0.3) is 0 Å². The Hall–Kier alpha value is -1.85. The van der Waals surface area contributed by atoms with Crippen molar-refractivity contribution in [2.24, 2.45) is 0 Å². The molecule has 0 aliphatic rings. The molecule has 0 saturated carbocycles. The second kappa shape index (κ2) is 5.79. The lowest BCUT2D eigenvalue weighted by Crippen LogP contribution is -2.30. The van der Waals surface area contributed by atoms with Crippen LogP contribution >= 0.6 is 0 Å². The van der Waals surface area contributed by atoms with E-state index >= 15 is 0 Å². The molecule has 1 amide bonds. The molecule has 0 unspecified atom stereocenters. The van der Waals surface area contributed by atoms with Crippen molar-refractivity contribution in [3.8, 4) is 0 Å². The Kier molecular flexibility index (Phi) is 4.33. The molecule has 15 heavy (non-hydrogen) atoms. The lowest BCUT2D eigenvalue weighted by atomic mass is 10.4. The summed E-state index contributed by atoms with van der Waals surface area (Å²) in [6.45, 7) is 2.83. The van der Waals surface area contributed by atoms with Gasteiger partial charge in [-0.1, -0.05) is 6.92 Å². The van der Waals surface area contributed by atoms with E-state index in [1.807, 2.05) is 6.92 Å². The van der Waals surface area contributed by atoms with Crippen molar-refractivity contribution in [2.75, 3.05) is 24.1 Å². The van der Waals surface area contributed by atoms with Gasteiger partial charge < -0.3 is 16.4 Å². The Bertz CT molecular complexity index is 328. The largest absolute Gasteiger partial charge is 0.384 e. The number of amides is 1. The molecular formula is C9H15N5O. The fourth-order valence-electron chi connectivity index (χ4n) is 0.944. The first-order valence-electron chi connectivity index (χ1n) is 4.81. The smallest absolute Gasteiger partial charge is 0.239 e. The van der Waals surface area contributed by atoms with Gasteiger partial charge in [0.15, 0.2) is 0 Å². The van der Waals surface area contributed by atoms with Crippen molar-refractivity contribution in [1.82, 2.24) is 15.3 Å². The Morgan fingerprint density at radius 2 is 2.40 bits per heavy atom. The van der Waals surface area contributed by atoms with Crippen LogP contribution < -0.4 is 16.4 Å². The van der Waals surface area contributed by atoms with Gasteiger partial charge in [0.1, 0.15) is 5.82 Å². The number of nitrogens with one attached hydrogen (secondary N) is 2. The van der Waals surface area contributed by atoms with E-state index in [0.717, 1.165) is 6.42 Å². The molecule has 1 aromatic rings. The highest BCUT2D eigenvalue weighted by molar-refractivity contribution is 5.80. The molecule has 0 aliphatic carbocycles. The molecule has 6 nitrogen and oxygen atoms in total. The van der Waals surface area contributed by atoms with E-state index in [1.54, 1.807) is 6.07 Å². The zero-order chi connectivity index (χ0) is 11.1. The minimum Gasteiger partial charge on any atom is -0.384 e. The number of anilines is 2. The fourth-order valence-corrected chi connectivity index (χ4v) is 0.944. The molecular weight excluding hydrogens is 194 g/mol. The lowest BCUT2D eigenvalue weighted by molar-refractivity contribution is -0.119. The van der Waals surface area contributed by atoms with Gasteiger partial charge in [-0.15, -0.1) is 0 Å². The van der Waals surface area contributed by atoms with Gasteiger partial charge in [0.2, 0.25) is 11.9 Å². The standard InChI is InChI=1S/C9H15N5O/c1-2-4-11-8(15)6-13-9-12-5-3-7(10)14-9/h3,5H,2,4,6H2,1H3,(H,11,15)(H3,10,12,13,14). The van der Waals surface area contributed by atoms with Crippen molar-refractivity contribution in [1.29, 1.82) is 0 Å². The fraction of sp³-hybridized carbons (Fsp3) is 0.444. The third kappa shape index (κ3) is 4.26. The van der Waals surface area contributed by atoms with Gasteiger partial charge in [-0.05, 0) is 12.5 Å². The van der Waals surface area contributed by atoms with E-state index in [-0.39, 0.29) is 12.5 Å². The molecule has 0 spiro atoms. The van der Waals surface area contributed by atoms with Crippen molar-refractivity contribution in [2.45, 2.75) is 13.3 Å². The molecule has 0 fully saturated rings. The zero-order valence-corrected chi connectivity index (χ0v) is 8.66. The predicted octanol–water partition coefficient (Wildman–Crippen LogP) is -0.00310. The molecule has 1 aromatic heterocycles. The van der Waals surface area contributed by atoms with E-state index in [2.05, 4.69) is 20.6 Å². The maximum atomic E-state index is 11.2. The number of carbonyl (C=O) groups is 1.